The van der Waals surface area contributed by atoms with Gasteiger partial charge < -0.3 is 15.4 Å². The number of nitrogens with zero attached hydrogens (tertiary/aromatic N) is 1. The SMILES string of the molecule is O=C(COc1ccccc1)Nc1cccc(SC(C(=O)Nc2nc(-c3ccccc3)cs2)c2ccccc2)c1. The monoisotopic (exact) mass is 551 g/mol. The Kier molecular flexibility index (Phi) is 8.68. The lowest BCUT2D eigenvalue weighted by molar-refractivity contribution is -0.118. The lowest BCUT2D eigenvalue weighted by atomic mass is 10.1. The highest BCUT2D eigenvalue weighted by molar-refractivity contribution is 8.00. The van der Waals surface area contributed by atoms with Crippen LogP contribution in [0.5, 0.6) is 5.75 Å². The molecule has 0 bridgehead atoms. The molecule has 5 rings (SSSR count). The Bertz CT molecular complexity index is 1530. The van der Waals surface area contributed by atoms with Gasteiger partial charge in [0.2, 0.25) is 5.91 Å². The van der Waals surface area contributed by atoms with E-state index in [1.54, 1.807) is 12.1 Å². The number of benzene rings is 4. The second-order valence-corrected chi connectivity index (χ2v) is 10.5. The zero-order valence-electron chi connectivity index (χ0n) is 20.8. The average Bonchev–Trinajstić information content (AvgIpc) is 3.45. The number of carbonyl (C=O) groups is 2. The molecule has 1 atom stereocenters. The maximum atomic E-state index is 13.5. The summed E-state index contributed by atoms with van der Waals surface area (Å²) in [6.45, 7) is -0.102. The van der Waals surface area contributed by atoms with E-state index >= 15 is 0 Å². The third-order valence-corrected chi connectivity index (χ3v) is 7.63. The standard InChI is InChI=1S/C31H25N3O3S2/c35-28(20-37-25-16-8-3-9-17-25)32-24-15-10-18-26(19-24)39-29(23-13-6-2-7-14-23)30(36)34-31-33-27(21-38-31)22-11-4-1-5-12-22/h1-19,21,29H,20H2,(H,32,35)(H,33,34,36). The number of amides is 2. The fraction of sp³-hybridized carbons (Fsp3) is 0.0645. The van der Waals surface area contributed by atoms with Gasteiger partial charge in [-0.25, -0.2) is 4.98 Å². The second-order valence-electron chi connectivity index (χ2n) is 8.48. The minimum Gasteiger partial charge on any atom is -0.484 e. The molecule has 0 saturated carbocycles. The van der Waals surface area contributed by atoms with Gasteiger partial charge in [-0.1, -0.05) is 84.9 Å². The number of nitrogens with one attached hydrogen (secondary N) is 2. The summed E-state index contributed by atoms with van der Waals surface area (Å²) >= 11 is 2.80. The van der Waals surface area contributed by atoms with Crippen molar-refractivity contribution < 1.29 is 14.3 Å². The number of rotatable bonds is 10. The third-order valence-electron chi connectivity index (χ3n) is 5.63. The molecule has 194 valence electrons. The van der Waals surface area contributed by atoms with Crippen LogP contribution in [-0.2, 0) is 9.59 Å². The van der Waals surface area contributed by atoms with Gasteiger partial charge in [-0.3, -0.25) is 9.59 Å². The van der Waals surface area contributed by atoms with Crippen LogP contribution in [0, 0.1) is 0 Å². The minimum absolute atomic E-state index is 0.102. The lowest BCUT2D eigenvalue weighted by Gasteiger charge is -2.17. The average molecular weight is 552 g/mol. The number of anilines is 2. The zero-order chi connectivity index (χ0) is 26.9. The van der Waals surface area contributed by atoms with Crippen molar-refractivity contribution in [2.24, 2.45) is 0 Å². The molecule has 2 amide bonds. The van der Waals surface area contributed by atoms with Crippen molar-refractivity contribution in [1.82, 2.24) is 4.98 Å². The molecular weight excluding hydrogens is 526 g/mol. The van der Waals surface area contributed by atoms with Crippen LogP contribution in [0.2, 0.25) is 0 Å². The van der Waals surface area contributed by atoms with E-state index in [2.05, 4.69) is 15.6 Å². The number of hydrogen-bond donors (Lipinski definition) is 2. The van der Waals surface area contributed by atoms with Crippen molar-refractivity contribution >= 4 is 45.7 Å². The highest BCUT2D eigenvalue weighted by Crippen LogP contribution is 2.37. The fourth-order valence-corrected chi connectivity index (χ4v) is 5.60. The van der Waals surface area contributed by atoms with E-state index in [4.69, 9.17) is 4.74 Å². The topological polar surface area (TPSA) is 80.3 Å². The van der Waals surface area contributed by atoms with E-state index in [1.807, 2.05) is 109 Å². The summed E-state index contributed by atoms with van der Waals surface area (Å²) in [4.78, 5) is 31.4. The Balaban J connectivity index is 1.27. The zero-order valence-corrected chi connectivity index (χ0v) is 22.5. The van der Waals surface area contributed by atoms with Gasteiger partial charge in [-0.05, 0) is 35.9 Å². The second kappa shape index (κ2) is 12.9. The Labute approximate surface area is 235 Å². The molecule has 0 fully saturated rings. The van der Waals surface area contributed by atoms with Crippen molar-refractivity contribution in [2.75, 3.05) is 17.2 Å². The molecule has 8 heteroatoms. The van der Waals surface area contributed by atoms with E-state index in [-0.39, 0.29) is 18.4 Å². The predicted octanol–water partition coefficient (Wildman–Crippen LogP) is 7.30. The Hall–Kier alpha value is -4.40. The highest BCUT2D eigenvalue weighted by atomic mass is 32.2. The number of carbonyl (C=O) groups excluding carboxylic acids is 2. The van der Waals surface area contributed by atoms with Gasteiger partial charge in [0, 0.05) is 21.5 Å². The van der Waals surface area contributed by atoms with E-state index in [0.29, 0.717) is 16.6 Å². The molecule has 5 aromatic rings. The summed E-state index contributed by atoms with van der Waals surface area (Å²) in [5, 5.41) is 7.81. The molecule has 39 heavy (non-hydrogen) atoms. The molecule has 1 unspecified atom stereocenters. The summed E-state index contributed by atoms with van der Waals surface area (Å²) in [5.41, 5.74) is 3.31. The first-order valence-corrected chi connectivity index (χ1v) is 14.0. The van der Waals surface area contributed by atoms with Crippen molar-refractivity contribution in [3.05, 3.63) is 126 Å². The number of thioether (sulfide) groups is 1. The van der Waals surface area contributed by atoms with E-state index in [9.17, 15) is 9.59 Å². The summed E-state index contributed by atoms with van der Waals surface area (Å²) in [6, 6.07) is 36.1. The van der Waals surface area contributed by atoms with Gasteiger partial charge in [0.15, 0.2) is 11.7 Å². The first-order valence-electron chi connectivity index (χ1n) is 12.3. The molecule has 0 aliphatic carbocycles. The Morgan fingerprint density at radius 2 is 1.51 bits per heavy atom. The van der Waals surface area contributed by atoms with Crippen LogP contribution in [0.15, 0.2) is 126 Å². The van der Waals surface area contributed by atoms with Gasteiger partial charge in [-0.15, -0.1) is 23.1 Å². The fourth-order valence-electron chi connectivity index (χ4n) is 3.79. The molecule has 0 aliphatic heterocycles. The number of hydrogen-bond acceptors (Lipinski definition) is 6. The molecule has 0 aliphatic rings. The molecule has 1 aromatic heterocycles. The maximum absolute atomic E-state index is 13.5. The quantitative estimate of drug-likeness (QED) is 0.178. The molecule has 6 nitrogen and oxygen atoms in total. The molecule has 1 heterocycles. The predicted molar refractivity (Wildman–Crippen MR) is 158 cm³/mol. The number of ether oxygens (including phenoxy) is 1. The molecule has 2 N–H and O–H groups in total. The van der Waals surface area contributed by atoms with Crippen LogP contribution in [-0.4, -0.2) is 23.4 Å². The number of para-hydroxylation sites is 1. The van der Waals surface area contributed by atoms with Crippen LogP contribution in [0.4, 0.5) is 10.8 Å². The van der Waals surface area contributed by atoms with Crippen LogP contribution >= 0.6 is 23.1 Å². The Morgan fingerprint density at radius 1 is 0.821 bits per heavy atom. The molecular formula is C31H25N3O3S2. The van der Waals surface area contributed by atoms with Crippen molar-refractivity contribution in [2.45, 2.75) is 10.1 Å². The van der Waals surface area contributed by atoms with Gasteiger partial charge in [-0.2, -0.15) is 0 Å². The number of thiazole rings is 1. The molecule has 0 saturated heterocycles. The maximum Gasteiger partial charge on any atom is 0.262 e. The smallest absolute Gasteiger partial charge is 0.262 e. The van der Waals surface area contributed by atoms with Crippen molar-refractivity contribution in [3.63, 3.8) is 0 Å². The molecule has 0 radical (unpaired) electrons. The van der Waals surface area contributed by atoms with E-state index in [1.165, 1.54) is 23.1 Å². The summed E-state index contributed by atoms with van der Waals surface area (Å²) < 4.78 is 5.54. The van der Waals surface area contributed by atoms with Gasteiger partial charge in [0.05, 0.1) is 5.69 Å². The van der Waals surface area contributed by atoms with Crippen LogP contribution in [0.3, 0.4) is 0 Å². The molecule has 0 spiro atoms. The van der Waals surface area contributed by atoms with Gasteiger partial charge >= 0.3 is 0 Å². The van der Waals surface area contributed by atoms with Crippen LogP contribution < -0.4 is 15.4 Å². The van der Waals surface area contributed by atoms with E-state index < -0.39 is 5.25 Å². The minimum atomic E-state index is -0.525. The first kappa shape index (κ1) is 26.2. The van der Waals surface area contributed by atoms with Crippen LogP contribution in [0.25, 0.3) is 11.3 Å². The largest absolute Gasteiger partial charge is 0.484 e. The third kappa shape index (κ3) is 7.34. The summed E-state index contributed by atoms with van der Waals surface area (Å²) in [7, 11) is 0. The number of aromatic nitrogens is 1. The summed E-state index contributed by atoms with van der Waals surface area (Å²) in [6.07, 6.45) is 0. The highest BCUT2D eigenvalue weighted by Gasteiger charge is 2.23. The lowest BCUT2D eigenvalue weighted by Crippen LogP contribution is -2.20. The molecule has 4 aromatic carbocycles. The summed E-state index contributed by atoms with van der Waals surface area (Å²) in [5.74, 6) is 0.187. The van der Waals surface area contributed by atoms with Crippen molar-refractivity contribution in [1.29, 1.82) is 0 Å². The van der Waals surface area contributed by atoms with E-state index in [0.717, 1.165) is 21.7 Å². The van der Waals surface area contributed by atoms with Gasteiger partial charge in [0.1, 0.15) is 11.0 Å². The van der Waals surface area contributed by atoms with Gasteiger partial charge in [0.25, 0.3) is 5.91 Å². The van der Waals surface area contributed by atoms with Crippen molar-refractivity contribution in [3.8, 4) is 17.0 Å². The first-order chi connectivity index (χ1) is 19.1. The van der Waals surface area contributed by atoms with Crippen LogP contribution in [0.1, 0.15) is 10.8 Å². The normalized spacial score (nSPS) is 11.4. The Morgan fingerprint density at radius 3 is 2.26 bits per heavy atom.